The van der Waals surface area contributed by atoms with Crippen molar-refractivity contribution in [1.82, 2.24) is 5.32 Å². The van der Waals surface area contributed by atoms with Crippen molar-refractivity contribution >= 4 is 22.8 Å². The number of nitrogens with one attached hydrogen (secondary N) is 1. The first-order valence-electron chi connectivity index (χ1n) is 4.54. The average molecular weight is 196 g/mol. The fraction of sp³-hybridized carbons (Fsp3) is 0.556. The predicted molar refractivity (Wildman–Crippen MR) is 54.8 cm³/mol. The van der Waals surface area contributed by atoms with Crippen LogP contribution in [0.4, 0.5) is 0 Å². The van der Waals surface area contributed by atoms with E-state index < -0.39 is 0 Å². The van der Waals surface area contributed by atoms with Crippen molar-refractivity contribution in [2.45, 2.75) is 19.3 Å². The van der Waals surface area contributed by atoms with Crippen LogP contribution >= 0.6 is 11.8 Å². The van der Waals surface area contributed by atoms with Crippen LogP contribution in [0, 0.1) is 0 Å². The van der Waals surface area contributed by atoms with Crippen molar-refractivity contribution in [3.05, 3.63) is 11.6 Å². The quantitative estimate of drug-likeness (QED) is 0.687. The maximum atomic E-state index is 11.5. The van der Waals surface area contributed by atoms with Crippen LogP contribution in [0.3, 0.4) is 0 Å². The molecule has 3 nitrogen and oxygen atoms in total. The molecule has 0 spiro atoms. The van der Waals surface area contributed by atoms with Crippen LogP contribution < -0.4 is 5.32 Å². The number of hydrogen-bond acceptors (Lipinski definition) is 3. The second kappa shape index (κ2) is 3.96. The second-order valence-electron chi connectivity index (χ2n) is 3.11. The number of aliphatic imine (C=N–C) groups is 1. The van der Waals surface area contributed by atoms with E-state index in [4.69, 9.17) is 0 Å². The first-order valence-corrected chi connectivity index (χ1v) is 5.52. The van der Waals surface area contributed by atoms with Crippen molar-refractivity contribution in [3.8, 4) is 0 Å². The summed E-state index contributed by atoms with van der Waals surface area (Å²) in [4.78, 5) is 15.7. The summed E-state index contributed by atoms with van der Waals surface area (Å²) in [6, 6.07) is 0. The Morgan fingerprint density at radius 1 is 1.62 bits per heavy atom. The molecule has 1 aliphatic carbocycles. The molecule has 0 bridgehead atoms. The van der Waals surface area contributed by atoms with E-state index in [0.29, 0.717) is 0 Å². The zero-order chi connectivity index (χ0) is 9.10. The number of allylic oxidation sites excluding steroid dienone is 1. The van der Waals surface area contributed by atoms with Crippen molar-refractivity contribution in [3.63, 3.8) is 0 Å². The third-order valence-corrected chi connectivity index (χ3v) is 3.03. The van der Waals surface area contributed by atoms with Gasteiger partial charge in [0.15, 0.2) is 5.17 Å². The summed E-state index contributed by atoms with van der Waals surface area (Å²) in [5.74, 6) is 1.04. The Labute approximate surface area is 81.7 Å². The van der Waals surface area contributed by atoms with Gasteiger partial charge in [-0.1, -0.05) is 17.8 Å². The van der Waals surface area contributed by atoms with Crippen LogP contribution in [0.1, 0.15) is 19.3 Å². The van der Waals surface area contributed by atoms with Gasteiger partial charge in [0.05, 0.1) is 6.54 Å². The maximum Gasteiger partial charge on any atom is 0.252 e. The minimum absolute atomic E-state index is 0.0469. The number of amidine groups is 1. The second-order valence-corrected chi connectivity index (χ2v) is 4.19. The molecule has 0 aromatic heterocycles. The van der Waals surface area contributed by atoms with Crippen LogP contribution in [-0.2, 0) is 4.79 Å². The van der Waals surface area contributed by atoms with Gasteiger partial charge >= 0.3 is 0 Å². The number of amides is 1. The summed E-state index contributed by atoms with van der Waals surface area (Å²) in [6.07, 6.45) is 5.10. The lowest BCUT2D eigenvalue weighted by Gasteiger charge is -2.03. The Bertz CT molecular complexity index is 283. The van der Waals surface area contributed by atoms with E-state index in [2.05, 4.69) is 10.3 Å². The Kier molecular flexibility index (Phi) is 2.68. The Morgan fingerprint density at radius 2 is 2.54 bits per heavy atom. The van der Waals surface area contributed by atoms with Crippen LogP contribution in [0.5, 0.6) is 0 Å². The van der Waals surface area contributed by atoms with Crippen molar-refractivity contribution < 1.29 is 4.79 Å². The Hall–Kier alpha value is -0.770. The van der Waals surface area contributed by atoms with E-state index in [9.17, 15) is 4.79 Å². The molecule has 0 saturated carbocycles. The topological polar surface area (TPSA) is 41.5 Å². The third-order valence-electron chi connectivity index (χ3n) is 2.14. The summed E-state index contributed by atoms with van der Waals surface area (Å²) in [5, 5.41) is 3.62. The van der Waals surface area contributed by atoms with Gasteiger partial charge in [0, 0.05) is 11.3 Å². The highest BCUT2D eigenvalue weighted by Crippen LogP contribution is 2.18. The first-order chi connectivity index (χ1) is 6.36. The molecule has 70 valence electrons. The van der Waals surface area contributed by atoms with Gasteiger partial charge in [0.25, 0.3) is 5.91 Å². The van der Waals surface area contributed by atoms with E-state index in [1.807, 2.05) is 6.08 Å². The predicted octanol–water partition coefficient (Wildman–Crippen LogP) is 1.32. The molecule has 0 aromatic carbocycles. The maximum absolute atomic E-state index is 11.5. The standard InChI is InChI=1S/C9H12N2OS/c12-8(7-3-1-2-4-7)11-9-10-5-6-13-9/h3H,1-2,4-6H2,(H,10,11,12). The van der Waals surface area contributed by atoms with Crippen molar-refractivity contribution in [2.24, 2.45) is 4.99 Å². The van der Waals surface area contributed by atoms with Gasteiger partial charge in [-0.15, -0.1) is 0 Å². The molecule has 0 unspecified atom stereocenters. The summed E-state index contributed by atoms with van der Waals surface area (Å²) in [6.45, 7) is 0.833. The largest absolute Gasteiger partial charge is 0.302 e. The molecule has 0 atom stereocenters. The minimum atomic E-state index is 0.0469. The summed E-state index contributed by atoms with van der Waals surface area (Å²) >= 11 is 1.62. The Balaban J connectivity index is 1.90. The van der Waals surface area contributed by atoms with Crippen LogP contribution in [0.25, 0.3) is 0 Å². The number of carbonyl (C=O) groups excluding carboxylic acids is 1. The smallest absolute Gasteiger partial charge is 0.252 e. The minimum Gasteiger partial charge on any atom is -0.302 e. The van der Waals surface area contributed by atoms with Gasteiger partial charge < -0.3 is 5.32 Å². The van der Waals surface area contributed by atoms with E-state index in [0.717, 1.165) is 42.3 Å². The lowest BCUT2D eigenvalue weighted by molar-refractivity contribution is -0.116. The fourth-order valence-corrected chi connectivity index (χ4v) is 2.19. The van der Waals surface area contributed by atoms with Crippen LogP contribution in [0.2, 0.25) is 0 Å². The summed E-state index contributed by atoms with van der Waals surface area (Å²) in [7, 11) is 0. The number of hydrogen-bond donors (Lipinski definition) is 1. The van der Waals surface area contributed by atoms with Crippen LogP contribution in [0.15, 0.2) is 16.6 Å². The van der Waals surface area contributed by atoms with E-state index in [1.165, 1.54) is 0 Å². The van der Waals surface area contributed by atoms with E-state index in [-0.39, 0.29) is 5.91 Å². The highest BCUT2D eigenvalue weighted by atomic mass is 32.2. The summed E-state index contributed by atoms with van der Waals surface area (Å²) < 4.78 is 0. The van der Waals surface area contributed by atoms with Gasteiger partial charge in [0.2, 0.25) is 0 Å². The van der Waals surface area contributed by atoms with Crippen molar-refractivity contribution in [1.29, 1.82) is 0 Å². The molecule has 0 fully saturated rings. The molecule has 2 aliphatic rings. The molecule has 0 saturated heterocycles. The molecule has 1 N–H and O–H groups in total. The van der Waals surface area contributed by atoms with E-state index >= 15 is 0 Å². The SMILES string of the molecule is O=C(NC1=NCCS1)C1=CCCC1. The van der Waals surface area contributed by atoms with E-state index in [1.54, 1.807) is 11.8 Å². The van der Waals surface area contributed by atoms with Gasteiger partial charge in [-0.3, -0.25) is 9.79 Å². The molecule has 0 aromatic rings. The lowest BCUT2D eigenvalue weighted by atomic mass is 10.2. The number of carbonyl (C=O) groups is 1. The van der Waals surface area contributed by atoms with Gasteiger partial charge in [-0.05, 0) is 19.3 Å². The summed E-state index contributed by atoms with van der Waals surface area (Å²) in [5.41, 5.74) is 0.926. The lowest BCUT2D eigenvalue weighted by Crippen LogP contribution is -2.28. The monoisotopic (exact) mass is 196 g/mol. The van der Waals surface area contributed by atoms with Gasteiger partial charge in [-0.25, -0.2) is 0 Å². The molecule has 0 radical (unpaired) electrons. The van der Waals surface area contributed by atoms with Crippen LogP contribution in [-0.4, -0.2) is 23.4 Å². The molecule has 1 amide bonds. The normalized spacial score (nSPS) is 21.2. The van der Waals surface area contributed by atoms with Crippen molar-refractivity contribution in [2.75, 3.05) is 12.3 Å². The molecular weight excluding hydrogens is 184 g/mol. The van der Waals surface area contributed by atoms with Gasteiger partial charge in [-0.2, -0.15) is 0 Å². The molecule has 1 aliphatic heterocycles. The molecule has 4 heteroatoms. The fourth-order valence-electron chi connectivity index (χ4n) is 1.47. The first kappa shape index (κ1) is 8.81. The zero-order valence-corrected chi connectivity index (χ0v) is 8.19. The number of rotatable bonds is 1. The molecular formula is C9H12N2OS. The average Bonchev–Trinajstić information content (AvgIpc) is 2.74. The molecule has 1 heterocycles. The molecule has 2 rings (SSSR count). The van der Waals surface area contributed by atoms with Gasteiger partial charge in [0.1, 0.15) is 0 Å². The third kappa shape index (κ3) is 2.12. The highest BCUT2D eigenvalue weighted by Gasteiger charge is 2.16. The highest BCUT2D eigenvalue weighted by molar-refractivity contribution is 8.14. The number of nitrogens with zero attached hydrogens (tertiary/aromatic N) is 1. The Morgan fingerprint density at radius 3 is 3.15 bits per heavy atom. The molecule has 13 heavy (non-hydrogen) atoms. The number of thioether (sulfide) groups is 1. The zero-order valence-electron chi connectivity index (χ0n) is 7.38.